The summed E-state index contributed by atoms with van der Waals surface area (Å²) in [6.45, 7) is 4.12. The van der Waals surface area contributed by atoms with E-state index in [1.54, 1.807) is 0 Å². The van der Waals surface area contributed by atoms with Crippen LogP contribution in [0.3, 0.4) is 0 Å². The number of β-amino-alcohol motifs (C(OH)–C–C–N with tert-alkyl or cyclic N) is 2. The topological polar surface area (TPSA) is 102 Å². The number of carbonyl (C=O) groups is 1. The maximum Gasteiger partial charge on any atom is 0.293 e. The summed E-state index contributed by atoms with van der Waals surface area (Å²) < 4.78 is 0. The molecule has 0 spiro atoms. The monoisotopic (exact) mass is 240 g/mol. The molecule has 0 radical (unpaired) electrons. The molecule has 1 amide bonds. The molecule has 0 saturated carbocycles. The minimum absolute atomic E-state index is 0.0787. The number of hydrogen-bond acceptors (Lipinski definition) is 5. The predicted octanol–water partition coefficient (Wildman–Crippen LogP) is -0.894. The molecular formula is C10H16N4O3. The Hall–Kier alpha value is -1.47. The van der Waals surface area contributed by atoms with Crippen LogP contribution in [0.15, 0.2) is 0 Å². The normalized spacial score (nSPS) is 24.6. The SMILES string of the molecule is CC(C)c1nc(C(=O)N2CC(O)C(O)C2)n[nH]1. The zero-order valence-corrected chi connectivity index (χ0v) is 9.79. The molecule has 0 aromatic carbocycles. The average Bonchev–Trinajstić information content (AvgIpc) is 2.86. The van der Waals surface area contributed by atoms with E-state index in [9.17, 15) is 15.0 Å². The smallest absolute Gasteiger partial charge is 0.293 e. The van der Waals surface area contributed by atoms with Crippen LogP contribution in [0.5, 0.6) is 0 Å². The molecule has 2 atom stereocenters. The lowest BCUT2D eigenvalue weighted by Gasteiger charge is -2.12. The van der Waals surface area contributed by atoms with Crippen LogP contribution in [0.4, 0.5) is 0 Å². The molecule has 1 aliphatic rings. The maximum atomic E-state index is 11.9. The van der Waals surface area contributed by atoms with Gasteiger partial charge in [-0.15, -0.1) is 5.10 Å². The van der Waals surface area contributed by atoms with E-state index in [1.807, 2.05) is 13.8 Å². The Morgan fingerprint density at radius 1 is 1.41 bits per heavy atom. The van der Waals surface area contributed by atoms with Gasteiger partial charge in [0.2, 0.25) is 5.82 Å². The van der Waals surface area contributed by atoms with Gasteiger partial charge in [0.25, 0.3) is 5.91 Å². The van der Waals surface area contributed by atoms with Crippen molar-refractivity contribution in [1.29, 1.82) is 0 Å². The summed E-state index contributed by atoms with van der Waals surface area (Å²) >= 11 is 0. The predicted molar refractivity (Wildman–Crippen MR) is 58.4 cm³/mol. The van der Waals surface area contributed by atoms with Gasteiger partial charge < -0.3 is 15.1 Å². The van der Waals surface area contributed by atoms with Crippen molar-refractivity contribution in [3.05, 3.63) is 11.6 Å². The molecule has 7 nitrogen and oxygen atoms in total. The highest BCUT2D eigenvalue weighted by molar-refractivity contribution is 5.90. The van der Waals surface area contributed by atoms with Gasteiger partial charge in [0, 0.05) is 19.0 Å². The van der Waals surface area contributed by atoms with Gasteiger partial charge in [0.05, 0.1) is 12.2 Å². The number of aliphatic hydroxyl groups excluding tert-OH is 2. The van der Waals surface area contributed by atoms with E-state index >= 15 is 0 Å². The minimum Gasteiger partial charge on any atom is -0.388 e. The number of H-pyrrole nitrogens is 1. The van der Waals surface area contributed by atoms with E-state index in [1.165, 1.54) is 4.90 Å². The van der Waals surface area contributed by atoms with Gasteiger partial charge in [-0.05, 0) is 0 Å². The number of amides is 1. The van der Waals surface area contributed by atoms with Crippen molar-refractivity contribution in [2.45, 2.75) is 32.0 Å². The fraction of sp³-hybridized carbons (Fsp3) is 0.700. The van der Waals surface area contributed by atoms with E-state index in [-0.39, 0.29) is 30.7 Å². The van der Waals surface area contributed by atoms with Gasteiger partial charge in [-0.2, -0.15) is 0 Å². The van der Waals surface area contributed by atoms with Crippen LogP contribution in [0, 0.1) is 0 Å². The van der Waals surface area contributed by atoms with Crippen LogP contribution >= 0.6 is 0 Å². The summed E-state index contributed by atoms with van der Waals surface area (Å²) in [5.74, 6) is 0.520. The Morgan fingerprint density at radius 3 is 2.47 bits per heavy atom. The number of nitrogens with zero attached hydrogens (tertiary/aromatic N) is 3. The average molecular weight is 240 g/mol. The summed E-state index contributed by atoms with van der Waals surface area (Å²) in [5, 5.41) is 25.3. The third-order valence-corrected chi connectivity index (χ3v) is 2.79. The highest BCUT2D eigenvalue weighted by Crippen LogP contribution is 2.14. The van der Waals surface area contributed by atoms with E-state index in [0.29, 0.717) is 5.82 Å². The Morgan fingerprint density at radius 2 is 2.00 bits per heavy atom. The number of carbonyl (C=O) groups excluding carboxylic acids is 1. The summed E-state index contributed by atoms with van der Waals surface area (Å²) in [7, 11) is 0. The van der Waals surface area contributed by atoms with Gasteiger partial charge in [0.15, 0.2) is 0 Å². The van der Waals surface area contributed by atoms with E-state index in [2.05, 4.69) is 15.2 Å². The second kappa shape index (κ2) is 4.42. The molecule has 0 bridgehead atoms. The first-order chi connectivity index (χ1) is 7.99. The minimum atomic E-state index is -0.887. The summed E-state index contributed by atoms with van der Waals surface area (Å²) in [6, 6.07) is 0. The fourth-order valence-corrected chi connectivity index (χ4v) is 1.70. The third kappa shape index (κ3) is 2.29. The Kier molecular flexibility index (Phi) is 3.12. The molecule has 3 N–H and O–H groups in total. The molecule has 17 heavy (non-hydrogen) atoms. The van der Waals surface area contributed by atoms with Crippen molar-refractivity contribution < 1.29 is 15.0 Å². The third-order valence-electron chi connectivity index (χ3n) is 2.79. The van der Waals surface area contributed by atoms with Gasteiger partial charge in [-0.25, -0.2) is 4.98 Å². The van der Waals surface area contributed by atoms with Crippen LogP contribution < -0.4 is 0 Å². The second-order valence-electron chi connectivity index (χ2n) is 4.54. The van der Waals surface area contributed by atoms with Crippen molar-refractivity contribution in [1.82, 2.24) is 20.1 Å². The number of aromatic amines is 1. The molecule has 2 rings (SSSR count). The van der Waals surface area contributed by atoms with Gasteiger partial charge in [-0.1, -0.05) is 13.8 Å². The van der Waals surface area contributed by atoms with Crippen LogP contribution in [0.25, 0.3) is 0 Å². The molecule has 1 aromatic heterocycles. The lowest BCUT2D eigenvalue weighted by Crippen LogP contribution is -2.30. The molecule has 1 saturated heterocycles. The van der Waals surface area contributed by atoms with Crippen molar-refractivity contribution in [2.75, 3.05) is 13.1 Å². The molecule has 1 aliphatic heterocycles. The van der Waals surface area contributed by atoms with E-state index < -0.39 is 12.2 Å². The van der Waals surface area contributed by atoms with Gasteiger partial charge in [-0.3, -0.25) is 9.89 Å². The summed E-state index contributed by atoms with van der Waals surface area (Å²) in [4.78, 5) is 17.4. The van der Waals surface area contributed by atoms with Crippen LogP contribution in [-0.2, 0) is 0 Å². The zero-order chi connectivity index (χ0) is 12.6. The second-order valence-corrected chi connectivity index (χ2v) is 4.54. The van der Waals surface area contributed by atoms with Crippen LogP contribution in [0.2, 0.25) is 0 Å². The maximum absolute atomic E-state index is 11.9. The molecule has 2 heterocycles. The summed E-state index contributed by atoms with van der Waals surface area (Å²) in [6.07, 6.45) is -1.77. The number of rotatable bonds is 2. The van der Waals surface area contributed by atoms with Crippen molar-refractivity contribution in [2.24, 2.45) is 0 Å². The number of hydrogen-bond donors (Lipinski definition) is 3. The molecule has 94 valence electrons. The van der Waals surface area contributed by atoms with Crippen molar-refractivity contribution in [3.8, 4) is 0 Å². The highest BCUT2D eigenvalue weighted by atomic mass is 16.3. The largest absolute Gasteiger partial charge is 0.388 e. The molecule has 2 unspecified atom stereocenters. The lowest BCUT2D eigenvalue weighted by atomic mass is 10.2. The molecule has 7 heteroatoms. The zero-order valence-electron chi connectivity index (χ0n) is 9.79. The molecule has 1 fully saturated rings. The van der Waals surface area contributed by atoms with Gasteiger partial charge >= 0.3 is 0 Å². The van der Waals surface area contributed by atoms with Crippen LogP contribution in [0.1, 0.15) is 36.2 Å². The first-order valence-electron chi connectivity index (χ1n) is 5.56. The Balaban J connectivity index is 2.09. The Bertz CT molecular complexity index is 407. The quantitative estimate of drug-likeness (QED) is 0.622. The van der Waals surface area contributed by atoms with E-state index in [4.69, 9.17) is 0 Å². The number of likely N-dealkylation sites (tertiary alicyclic amines) is 1. The lowest BCUT2D eigenvalue weighted by molar-refractivity contribution is 0.0572. The first kappa shape index (κ1) is 12.0. The van der Waals surface area contributed by atoms with Crippen molar-refractivity contribution >= 4 is 5.91 Å². The Labute approximate surface area is 98.5 Å². The van der Waals surface area contributed by atoms with Crippen molar-refractivity contribution in [3.63, 3.8) is 0 Å². The number of nitrogens with one attached hydrogen (secondary N) is 1. The van der Waals surface area contributed by atoms with Gasteiger partial charge in [0.1, 0.15) is 5.82 Å². The standard InChI is InChI=1S/C10H16N4O3/c1-5(2)8-11-9(13-12-8)10(17)14-3-6(15)7(16)4-14/h5-7,15-16H,3-4H2,1-2H3,(H,11,12,13). The fourth-order valence-electron chi connectivity index (χ4n) is 1.70. The highest BCUT2D eigenvalue weighted by Gasteiger charge is 2.34. The number of aromatic nitrogens is 3. The summed E-state index contributed by atoms with van der Waals surface area (Å²) in [5.41, 5.74) is 0. The molecule has 1 aromatic rings. The number of aliphatic hydroxyl groups is 2. The van der Waals surface area contributed by atoms with Crippen LogP contribution in [-0.4, -0.2) is 61.5 Å². The first-order valence-corrected chi connectivity index (χ1v) is 5.56. The molecular weight excluding hydrogens is 224 g/mol. The molecule has 0 aliphatic carbocycles. The van der Waals surface area contributed by atoms with E-state index in [0.717, 1.165) is 0 Å².